The Kier molecular flexibility index (Phi) is 5.95. The minimum Gasteiger partial charge on any atom is -0.496 e. The molecule has 2 aromatic heterocycles. The van der Waals surface area contributed by atoms with E-state index in [0.717, 1.165) is 15.7 Å². The number of hydrogen-bond donors (Lipinski definition) is 2. The fourth-order valence-electron chi connectivity index (χ4n) is 4.66. The third kappa shape index (κ3) is 4.02. The Labute approximate surface area is 215 Å². The van der Waals surface area contributed by atoms with Crippen molar-refractivity contribution < 1.29 is 17.9 Å². The van der Waals surface area contributed by atoms with Gasteiger partial charge in [0, 0.05) is 19.7 Å². The number of aryl methyl sites for hydroxylation is 1. The van der Waals surface area contributed by atoms with Gasteiger partial charge in [0.2, 0.25) is 5.91 Å². The average Bonchev–Trinajstić information content (AvgIpc) is 3.51. The molecule has 0 radical (unpaired) electrons. The zero-order chi connectivity index (χ0) is 26.6. The molecule has 0 aliphatic heterocycles. The molecule has 0 spiro atoms. The summed E-state index contributed by atoms with van der Waals surface area (Å²) in [4.78, 5) is 44.6. The van der Waals surface area contributed by atoms with Gasteiger partial charge in [0.15, 0.2) is 5.65 Å². The molecule has 5 rings (SSSR count). The Bertz CT molecular complexity index is 1820. The molecule has 13 heteroatoms. The van der Waals surface area contributed by atoms with Crippen LogP contribution < -0.4 is 20.7 Å². The summed E-state index contributed by atoms with van der Waals surface area (Å²) >= 11 is 6.23. The summed E-state index contributed by atoms with van der Waals surface area (Å²) in [5.41, 5.74) is 0.977. The number of sulfonamides is 1. The highest BCUT2D eigenvalue weighted by atomic mass is 35.5. The zero-order valence-corrected chi connectivity index (χ0v) is 21.6. The van der Waals surface area contributed by atoms with Crippen molar-refractivity contribution in [2.24, 2.45) is 14.1 Å². The van der Waals surface area contributed by atoms with Crippen LogP contribution in [0.5, 0.6) is 5.75 Å². The molecule has 0 saturated heterocycles. The van der Waals surface area contributed by atoms with E-state index in [4.69, 9.17) is 16.3 Å². The molecule has 1 atom stereocenters. The second-order valence-electron chi connectivity index (χ2n) is 8.72. The van der Waals surface area contributed by atoms with E-state index in [0.29, 0.717) is 24.2 Å². The molecule has 1 aliphatic rings. The number of fused-ring (bicyclic) bond motifs is 2. The van der Waals surface area contributed by atoms with E-state index in [2.05, 4.69) is 14.7 Å². The molecule has 2 N–H and O–H groups in total. The number of H-pyrrole nitrogens is 1. The SMILES string of the molecule is COc1cccc2c1CCC2C(=O)NS(=O)(=O)c1cc(-c2nc3c([nH]2)c(=O)n(C)c(=O)n3C)ccc1Cl. The summed E-state index contributed by atoms with van der Waals surface area (Å²) in [5, 5.41) is -0.100. The van der Waals surface area contributed by atoms with Crippen molar-refractivity contribution in [1.82, 2.24) is 23.8 Å². The smallest absolute Gasteiger partial charge is 0.332 e. The van der Waals surface area contributed by atoms with Crippen molar-refractivity contribution in [3.05, 3.63) is 73.4 Å². The summed E-state index contributed by atoms with van der Waals surface area (Å²) in [7, 11) is -0.000702. The lowest BCUT2D eigenvalue weighted by Gasteiger charge is -2.14. The Morgan fingerprint density at radius 1 is 1.19 bits per heavy atom. The fraction of sp³-hybridized carbons (Fsp3) is 0.250. The van der Waals surface area contributed by atoms with Crippen LogP contribution in [0.25, 0.3) is 22.6 Å². The van der Waals surface area contributed by atoms with Crippen molar-refractivity contribution in [3.63, 3.8) is 0 Å². The number of aromatic amines is 1. The van der Waals surface area contributed by atoms with E-state index >= 15 is 0 Å². The summed E-state index contributed by atoms with van der Waals surface area (Å²) in [6, 6.07) is 9.47. The summed E-state index contributed by atoms with van der Waals surface area (Å²) in [5.74, 6) is -0.514. The van der Waals surface area contributed by atoms with Crippen LogP contribution in [0.15, 0.2) is 50.9 Å². The Morgan fingerprint density at radius 3 is 2.68 bits per heavy atom. The first kappa shape index (κ1) is 24.8. The number of amides is 1. The molecule has 2 aromatic carbocycles. The molecule has 192 valence electrons. The number of methoxy groups -OCH3 is 1. The lowest BCUT2D eigenvalue weighted by molar-refractivity contribution is -0.120. The predicted octanol–water partition coefficient (Wildman–Crippen LogP) is 1.82. The largest absolute Gasteiger partial charge is 0.496 e. The van der Waals surface area contributed by atoms with Gasteiger partial charge >= 0.3 is 5.69 Å². The molecule has 37 heavy (non-hydrogen) atoms. The minimum absolute atomic E-state index is 0.0857. The molecule has 1 unspecified atom stereocenters. The topological polar surface area (TPSA) is 145 Å². The van der Waals surface area contributed by atoms with Gasteiger partial charge < -0.3 is 9.72 Å². The highest BCUT2D eigenvalue weighted by molar-refractivity contribution is 7.90. The van der Waals surface area contributed by atoms with Gasteiger partial charge in [-0.2, -0.15) is 0 Å². The first-order valence-electron chi connectivity index (χ1n) is 11.2. The molecule has 2 heterocycles. The van der Waals surface area contributed by atoms with Crippen LogP contribution in [-0.4, -0.2) is 40.5 Å². The Hall–Kier alpha value is -3.90. The number of ether oxygens (including phenoxy) is 1. The molecule has 1 amide bonds. The molecule has 11 nitrogen and oxygen atoms in total. The standard InChI is InChI=1S/C24H22ClN5O6S/c1-29-21-19(23(32)30(2)24(29)33)26-20(27-21)12-7-10-16(25)18(11-12)37(34,35)28-22(31)15-9-8-14-13(15)5-4-6-17(14)36-3/h4-7,10-11,15H,8-9H2,1-3H3,(H,26,27)(H,28,31). The van der Waals surface area contributed by atoms with Gasteiger partial charge in [0.1, 0.15) is 22.0 Å². The summed E-state index contributed by atoms with van der Waals surface area (Å²) in [6.07, 6.45) is 1.03. The summed E-state index contributed by atoms with van der Waals surface area (Å²) in [6.45, 7) is 0. The number of aromatic nitrogens is 4. The van der Waals surface area contributed by atoms with E-state index in [-0.39, 0.29) is 26.9 Å². The number of carbonyl (C=O) groups excluding carboxylic acids is 1. The maximum atomic E-state index is 13.2. The van der Waals surface area contributed by atoms with Gasteiger partial charge in [-0.1, -0.05) is 23.7 Å². The highest BCUT2D eigenvalue weighted by Crippen LogP contribution is 2.38. The second kappa shape index (κ2) is 8.89. The maximum absolute atomic E-state index is 13.2. The molecular weight excluding hydrogens is 522 g/mol. The van der Waals surface area contributed by atoms with Crippen molar-refractivity contribution in [2.75, 3.05) is 7.11 Å². The first-order valence-corrected chi connectivity index (χ1v) is 13.1. The van der Waals surface area contributed by atoms with Crippen LogP contribution in [0.2, 0.25) is 5.02 Å². The number of hydrogen-bond acceptors (Lipinski definition) is 7. The lowest BCUT2D eigenvalue weighted by atomic mass is 10.0. The monoisotopic (exact) mass is 543 g/mol. The molecule has 0 fully saturated rings. The van der Waals surface area contributed by atoms with Crippen LogP contribution in [0.3, 0.4) is 0 Å². The normalized spacial score (nSPS) is 15.1. The van der Waals surface area contributed by atoms with E-state index in [1.165, 1.54) is 36.9 Å². The van der Waals surface area contributed by atoms with Gasteiger partial charge in [-0.15, -0.1) is 0 Å². The predicted molar refractivity (Wildman–Crippen MR) is 136 cm³/mol. The third-order valence-corrected chi connectivity index (χ3v) is 8.42. The van der Waals surface area contributed by atoms with Crippen molar-refractivity contribution in [3.8, 4) is 17.1 Å². The van der Waals surface area contributed by atoms with Crippen LogP contribution >= 0.6 is 11.6 Å². The number of carbonyl (C=O) groups is 1. The van der Waals surface area contributed by atoms with E-state index in [1.54, 1.807) is 25.3 Å². The molecule has 1 aliphatic carbocycles. The quantitative estimate of drug-likeness (QED) is 0.390. The fourth-order valence-corrected chi connectivity index (χ4v) is 6.21. The highest BCUT2D eigenvalue weighted by Gasteiger charge is 2.33. The van der Waals surface area contributed by atoms with Gasteiger partial charge in [0.05, 0.1) is 18.1 Å². The number of nitrogens with zero attached hydrogens (tertiary/aromatic N) is 3. The van der Waals surface area contributed by atoms with Crippen LogP contribution in [0.1, 0.15) is 23.5 Å². The summed E-state index contributed by atoms with van der Waals surface area (Å²) < 4.78 is 36.1. The van der Waals surface area contributed by atoms with Crippen LogP contribution in [-0.2, 0) is 35.3 Å². The van der Waals surface area contributed by atoms with Gasteiger partial charge in [-0.3, -0.25) is 18.7 Å². The van der Waals surface area contributed by atoms with E-state index in [1.807, 2.05) is 0 Å². The van der Waals surface area contributed by atoms with Crippen LogP contribution in [0.4, 0.5) is 0 Å². The number of imidazole rings is 1. The number of benzene rings is 2. The Morgan fingerprint density at radius 2 is 1.95 bits per heavy atom. The first-order chi connectivity index (χ1) is 17.5. The van der Waals surface area contributed by atoms with Crippen molar-refractivity contribution in [1.29, 1.82) is 0 Å². The Balaban J connectivity index is 1.50. The number of halogens is 1. The maximum Gasteiger partial charge on any atom is 0.332 e. The molecule has 0 saturated carbocycles. The van der Waals surface area contributed by atoms with Crippen molar-refractivity contribution in [2.45, 2.75) is 23.7 Å². The molecule has 0 bridgehead atoms. The van der Waals surface area contributed by atoms with Crippen molar-refractivity contribution >= 4 is 38.7 Å². The van der Waals surface area contributed by atoms with Gasteiger partial charge in [-0.25, -0.2) is 22.9 Å². The van der Waals surface area contributed by atoms with Gasteiger partial charge in [-0.05, 0) is 48.2 Å². The second-order valence-corrected chi connectivity index (χ2v) is 10.8. The lowest BCUT2D eigenvalue weighted by Crippen LogP contribution is -2.36. The number of nitrogens with one attached hydrogen (secondary N) is 2. The van der Waals surface area contributed by atoms with Gasteiger partial charge in [0.25, 0.3) is 15.6 Å². The average molecular weight is 544 g/mol. The van der Waals surface area contributed by atoms with E-state index in [9.17, 15) is 22.8 Å². The van der Waals surface area contributed by atoms with E-state index < -0.39 is 33.1 Å². The third-order valence-electron chi connectivity index (χ3n) is 6.59. The van der Waals surface area contributed by atoms with Crippen LogP contribution in [0, 0.1) is 0 Å². The molecular formula is C24H22ClN5O6S. The zero-order valence-electron chi connectivity index (χ0n) is 20.0. The molecule has 4 aromatic rings. The number of rotatable bonds is 5. The minimum atomic E-state index is -4.36.